The summed E-state index contributed by atoms with van der Waals surface area (Å²) in [4.78, 5) is 38.6. The van der Waals surface area contributed by atoms with E-state index in [2.05, 4.69) is 15.6 Å². The van der Waals surface area contributed by atoms with Crippen molar-refractivity contribution in [1.82, 2.24) is 10.9 Å². The molecule has 1 aliphatic heterocycles. The number of nitrogens with one attached hydrogen (secondary N) is 3. The zero-order chi connectivity index (χ0) is 23.4. The van der Waals surface area contributed by atoms with Gasteiger partial charge in [0, 0.05) is 24.2 Å². The molecule has 33 heavy (non-hydrogen) atoms. The number of carbonyl (C=O) groups is 3. The molecule has 0 spiro atoms. The SMILES string of the molecule is O=C(NNC(=O)c1ccccc1NS(=O)(=O)c1cccs1)c1ccc(N2CCCC2=O)cc1. The van der Waals surface area contributed by atoms with Gasteiger partial charge in [-0.1, -0.05) is 18.2 Å². The Morgan fingerprint density at radius 1 is 0.909 bits per heavy atom. The lowest BCUT2D eigenvalue weighted by Gasteiger charge is -2.16. The quantitative estimate of drug-likeness (QED) is 0.464. The number of nitrogens with zero attached hydrogens (tertiary/aromatic N) is 1. The second-order valence-electron chi connectivity index (χ2n) is 7.19. The van der Waals surface area contributed by atoms with E-state index in [0.717, 1.165) is 17.8 Å². The third-order valence-electron chi connectivity index (χ3n) is 4.98. The number of thiophene rings is 1. The molecule has 0 aliphatic carbocycles. The van der Waals surface area contributed by atoms with Crippen LogP contribution >= 0.6 is 11.3 Å². The Kier molecular flexibility index (Phi) is 6.43. The van der Waals surface area contributed by atoms with Gasteiger partial charge in [-0.25, -0.2) is 8.42 Å². The summed E-state index contributed by atoms with van der Waals surface area (Å²) in [6.45, 7) is 0.649. The molecule has 1 saturated heterocycles. The molecule has 1 fully saturated rings. The molecule has 2 heterocycles. The number of sulfonamides is 1. The Balaban J connectivity index is 1.41. The molecule has 3 N–H and O–H groups in total. The van der Waals surface area contributed by atoms with Crippen LogP contribution in [0.3, 0.4) is 0 Å². The van der Waals surface area contributed by atoms with E-state index in [1.807, 2.05) is 0 Å². The van der Waals surface area contributed by atoms with Gasteiger partial charge in [-0.2, -0.15) is 0 Å². The van der Waals surface area contributed by atoms with Crippen molar-refractivity contribution in [3.63, 3.8) is 0 Å². The molecule has 0 unspecified atom stereocenters. The fourth-order valence-electron chi connectivity index (χ4n) is 3.35. The zero-order valence-corrected chi connectivity index (χ0v) is 18.9. The molecule has 3 amide bonds. The normalized spacial score (nSPS) is 13.6. The molecule has 11 heteroatoms. The van der Waals surface area contributed by atoms with Gasteiger partial charge in [-0.15, -0.1) is 11.3 Å². The number of amides is 3. The molecule has 170 valence electrons. The van der Waals surface area contributed by atoms with E-state index >= 15 is 0 Å². The van der Waals surface area contributed by atoms with E-state index < -0.39 is 21.8 Å². The zero-order valence-electron chi connectivity index (χ0n) is 17.3. The second-order valence-corrected chi connectivity index (χ2v) is 10.0. The summed E-state index contributed by atoms with van der Waals surface area (Å²) in [5, 5.41) is 1.64. The minimum Gasteiger partial charge on any atom is -0.312 e. The van der Waals surface area contributed by atoms with Gasteiger partial charge in [0.25, 0.3) is 21.8 Å². The fourth-order valence-corrected chi connectivity index (χ4v) is 5.42. The lowest BCUT2D eigenvalue weighted by atomic mass is 10.1. The molecule has 2 aromatic carbocycles. The maximum atomic E-state index is 12.6. The lowest BCUT2D eigenvalue weighted by molar-refractivity contribution is -0.117. The van der Waals surface area contributed by atoms with Crippen LogP contribution in [0.5, 0.6) is 0 Å². The van der Waals surface area contributed by atoms with Gasteiger partial charge in [0.2, 0.25) is 5.91 Å². The second kappa shape index (κ2) is 9.43. The van der Waals surface area contributed by atoms with Gasteiger partial charge in [-0.3, -0.25) is 30.0 Å². The van der Waals surface area contributed by atoms with E-state index in [9.17, 15) is 22.8 Å². The first-order chi connectivity index (χ1) is 15.8. The highest BCUT2D eigenvalue weighted by Gasteiger charge is 2.22. The molecule has 1 aliphatic rings. The van der Waals surface area contributed by atoms with Crippen LogP contribution in [0.15, 0.2) is 70.3 Å². The predicted octanol–water partition coefficient (Wildman–Crippen LogP) is 2.75. The minimum atomic E-state index is -3.84. The van der Waals surface area contributed by atoms with Crippen molar-refractivity contribution in [1.29, 1.82) is 0 Å². The van der Waals surface area contributed by atoms with Crippen LogP contribution in [-0.2, 0) is 14.8 Å². The minimum absolute atomic E-state index is 0.0424. The molecular formula is C22H20N4O5S2. The maximum Gasteiger partial charge on any atom is 0.271 e. The molecule has 1 aromatic heterocycles. The van der Waals surface area contributed by atoms with Crippen molar-refractivity contribution < 1.29 is 22.8 Å². The van der Waals surface area contributed by atoms with Crippen LogP contribution in [-0.4, -0.2) is 32.7 Å². The number of rotatable bonds is 6. The van der Waals surface area contributed by atoms with E-state index in [-0.39, 0.29) is 26.9 Å². The molecule has 0 saturated carbocycles. The molecule has 0 bridgehead atoms. The Bertz CT molecular complexity index is 1290. The van der Waals surface area contributed by atoms with Crippen molar-refractivity contribution in [2.75, 3.05) is 16.2 Å². The van der Waals surface area contributed by atoms with Crippen LogP contribution in [0.2, 0.25) is 0 Å². The Hall–Kier alpha value is -3.70. The number of hydrogen-bond donors (Lipinski definition) is 3. The molecule has 4 rings (SSSR count). The first kappa shape index (κ1) is 22.5. The van der Waals surface area contributed by atoms with Gasteiger partial charge >= 0.3 is 0 Å². The predicted molar refractivity (Wildman–Crippen MR) is 125 cm³/mol. The van der Waals surface area contributed by atoms with Crippen molar-refractivity contribution in [2.24, 2.45) is 0 Å². The van der Waals surface area contributed by atoms with Crippen LogP contribution in [0, 0.1) is 0 Å². The molecule has 9 nitrogen and oxygen atoms in total. The summed E-state index contributed by atoms with van der Waals surface area (Å²) >= 11 is 1.05. The highest BCUT2D eigenvalue weighted by Crippen LogP contribution is 2.23. The molecule has 3 aromatic rings. The Labute approximate surface area is 194 Å². The summed E-state index contributed by atoms with van der Waals surface area (Å²) in [6.07, 6.45) is 1.32. The van der Waals surface area contributed by atoms with Crippen LogP contribution in [0.4, 0.5) is 11.4 Å². The summed E-state index contributed by atoms with van der Waals surface area (Å²) in [5.41, 5.74) is 5.74. The largest absolute Gasteiger partial charge is 0.312 e. The number of anilines is 2. The molecule has 0 radical (unpaired) electrons. The highest BCUT2D eigenvalue weighted by molar-refractivity contribution is 7.94. The van der Waals surface area contributed by atoms with E-state index in [0.29, 0.717) is 18.7 Å². The van der Waals surface area contributed by atoms with Crippen LogP contribution < -0.4 is 20.5 Å². The first-order valence-electron chi connectivity index (χ1n) is 10.0. The smallest absolute Gasteiger partial charge is 0.271 e. The lowest BCUT2D eigenvalue weighted by Crippen LogP contribution is -2.41. The Morgan fingerprint density at radius 3 is 2.30 bits per heavy atom. The average Bonchev–Trinajstić information content (AvgIpc) is 3.50. The number of para-hydroxylation sites is 1. The van der Waals surface area contributed by atoms with Crippen LogP contribution in [0.25, 0.3) is 0 Å². The standard InChI is InChI=1S/C22H20N4O5S2/c27-19-7-3-13-26(19)16-11-9-15(10-12-16)21(28)23-24-22(29)17-5-1-2-6-18(17)25-33(30,31)20-8-4-14-32-20/h1-2,4-6,8-12,14,25H,3,7,13H2,(H,23,28)(H,24,29). The summed E-state index contributed by atoms with van der Waals surface area (Å²) in [6, 6.07) is 15.6. The van der Waals surface area contributed by atoms with Crippen molar-refractivity contribution in [3.05, 3.63) is 77.2 Å². The number of benzene rings is 2. The van der Waals surface area contributed by atoms with Crippen molar-refractivity contribution in [3.8, 4) is 0 Å². The van der Waals surface area contributed by atoms with Gasteiger partial charge in [0.05, 0.1) is 11.3 Å². The van der Waals surface area contributed by atoms with Crippen molar-refractivity contribution in [2.45, 2.75) is 17.1 Å². The summed E-state index contributed by atoms with van der Waals surface area (Å²) in [7, 11) is -3.84. The third kappa shape index (κ3) is 5.04. The van der Waals surface area contributed by atoms with E-state index in [1.54, 1.807) is 52.7 Å². The Morgan fingerprint density at radius 2 is 1.64 bits per heavy atom. The monoisotopic (exact) mass is 484 g/mol. The fraction of sp³-hybridized carbons (Fsp3) is 0.136. The molecular weight excluding hydrogens is 464 g/mol. The maximum absolute atomic E-state index is 12.6. The number of hydrazine groups is 1. The first-order valence-corrected chi connectivity index (χ1v) is 12.4. The van der Waals surface area contributed by atoms with Gasteiger partial charge < -0.3 is 4.90 Å². The topological polar surface area (TPSA) is 125 Å². The van der Waals surface area contributed by atoms with Gasteiger partial charge in [0.15, 0.2) is 0 Å². The van der Waals surface area contributed by atoms with Crippen molar-refractivity contribution >= 4 is 50.5 Å². The van der Waals surface area contributed by atoms with Gasteiger partial charge in [-0.05, 0) is 54.3 Å². The summed E-state index contributed by atoms with van der Waals surface area (Å²) < 4.78 is 27.5. The highest BCUT2D eigenvalue weighted by atomic mass is 32.2. The van der Waals surface area contributed by atoms with E-state index in [1.165, 1.54) is 18.2 Å². The average molecular weight is 485 g/mol. The third-order valence-corrected chi connectivity index (χ3v) is 7.74. The van der Waals surface area contributed by atoms with Crippen LogP contribution in [0.1, 0.15) is 33.6 Å². The molecule has 0 atom stereocenters. The summed E-state index contributed by atoms with van der Waals surface area (Å²) in [5.74, 6) is -1.20. The van der Waals surface area contributed by atoms with Gasteiger partial charge in [0.1, 0.15) is 4.21 Å². The number of carbonyl (C=O) groups excluding carboxylic acids is 3. The number of hydrogen-bond acceptors (Lipinski definition) is 6. The van der Waals surface area contributed by atoms with E-state index in [4.69, 9.17) is 0 Å².